The molecule has 0 fully saturated rings. The fourth-order valence-electron chi connectivity index (χ4n) is 1.93. The Bertz CT molecular complexity index is 309. The van der Waals surface area contributed by atoms with Crippen LogP contribution >= 0.6 is 15.9 Å². The zero-order valence-electron chi connectivity index (χ0n) is 10.5. The van der Waals surface area contributed by atoms with Gasteiger partial charge in [-0.25, -0.2) is 0 Å². The first kappa shape index (κ1) is 13.7. The molecule has 0 radical (unpaired) electrons. The van der Waals surface area contributed by atoms with E-state index in [1.807, 2.05) is 7.05 Å². The summed E-state index contributed by atoms with van der Waals surface area (Å²) in [6.07, 6.45) is 2.55. The summed E-state index contributed by atoms with van der Waals surface area (Å²) in [7, 11) is 2.03. The predicted molar refractivity (Wildman–Crippen MR) is 74.9 cm³/mol. The van der Waals surface area contributed by atoms with Gasteiger partial charge in [-0.05, 0) is 43.0 Å². The van der Waals surface area contributed by atoms with E-state index in [2.05, 4.69) is 59.4 Å². The minimum absolute atomic E-state index is 0.630. The second kappa shape index (κ2) is 7.08. The van der Waals surface area contributed by atoms with Crippen LogP contribution in [0.25, 0.3) is 0 Å². The molecule has 16 heavy (non-hydrogen) atoms. The van der Waals surface area contributed by atoms with Crippen molar-refractivity contribution < 1.29 is 0 Å². The monoisotopic (exact) mass is 283 g/mol. The number of benzene rings is 1. The Kier molecular flexibility index (Phi) is 6.07. The average molecular weight is 284 g/mol. The van der Waals surface area contributed by atoms with E-state index in [4.69, 9.17) is 0 Å². The predicted octanol–water partition coefficient (Wildman–Crippen LogP) is 4.19. The molecule has 1 rings (SSSR count). The second-order valence-corrected chi connectivity index (χ2v) is 5.70. The quantitative estimate of drug-likeness (QED) is 0.826. The summed E-state index contributed by atoms with van der Waals surface area (Å²) >= 11 is 3.54. The molecule has 0 heterocycles. The molecule has 0 spiro atoms. The lowest BCUT2D eigenvalue weighted by Crippen LogP contribution is -2.17. The first-order valence-corrected chi connectivity index (χ1v) is 6.83. The topological polar surface area (TPSA) is 12.0 Å². The highest BCUT2D eigenvalue weighted by atomic mass is 79.9. The van der Waals surface area contributed by atoms with Crippen molar-refractivity contribution in [1.82, 2.24) is 5.32 Å². The van der Waals surface area contributed by atoms with E-state index in [-0.39, 0.29) is 0 Å². The van der Waals surface area contributed by atoms with Crippen LogP contribution in [0.2, 0.25) is 0 Å². The maximum Gasteiger partial charge on any atom is 0.0178 e. The lowest BCUT2D eigenvalue weighted by molar-refractivity contribution is 0.487. The molecule has 0 saturated heterocycles. The zero-order valence-corrected chi connectivity index (χ0v) is 12.0. The van der Waals surface area contributed by atoms with E-state index in [1.54, 1.807) is 0 Å². The molecule has 0 aromatic heterocycles. The van der Waals surface area contributed by atoms with Gasteiger partial charge in [0.15, 0.2) is 0 Å². The fraction of sp³-hybridized carbons (Fsp3) is 0.571. The Labute approximate surface area is 108 Å². The van der Waals surface area contributed by atoms with Gasteiger partial charge in [0, 0.05) is 11.0 Å². The summed E-state index contributed by atoms with van der Waals surface area (Å²) in [5.74, 6) is 1.41. The van der Waals surface area contributed by atoms with Gasteiger partial charge in [0.05, 0.1) is 0 Å². The van der Waals surface area contributed by atoms with Crippen molar-refractivity contribution in [2.45, 2.75) is 32.6 Å². The Balaban J connectivity index is 2.68. The summed E-state index contributed by atoms with van der Waals surface area (Å²) in [6.45, 7) is 5.64. The highest BCUT2D eigenvalue weighted by Crippen LogP contribution is 2.25. The van der Waals surface area contributed by atoms with Gasteiger partial charge in [0.1, 0.15) is 0 Å². The van der Waals surface area contributed by atoms with Crippen LogP contribution in [0.3, 0.4) is 0 Å². The molecule has 0 bridgehead atoms. The summed E-state index contributed by atoms with van der Waals surface area (Å²) in [4.78, 5) is 0. The smallest absolute Gasteiger partial charge is 0.0178 e. The molecule has 0 saturated carbocycles. The SMILES string of the molecule is CNCC(CCC(C)C)c1cccc(Br)c1. The molecule has 2 heteroatoms. The fourth-order valence-corrected chi connectivity index (χ4v) is 2.34. The third-order valence-corrected chi connectivity index (χ3v) is 3.36. The van der Waals surface area contributed by atoms with E-state index in [1.165, 1.54) is 22.9 Å². The molecule has 0 aliphatic heterocycles. The lowest BCUT2D eigenvalue weighted by atomic mass is 9.91. The van der Waals surface area contributed by atoms with Gasteiger partial charge < -0.3 is 5.32 Å². The van der Waals surface area contributed by atoms with Crippen LogP contribution in [0.15, 0.2) is 28.7 Å². The van der Waals surface area contributed by atoms with Crippen LogP contribution < -0.4 is 5.32 Å². The summed E-state index contributed by atoms with van der Waals surface area (Å²) < 4.78 is 1.18. The molecule has 90 valence electrons. The molecular formula is C14H22BrN. The zero-order chi connectivity index (χ0) is 12.0. The van der Waals surface area contributed by atoms with Crippen LogP contribution in [-0.2, 0) is 0 Å². The van der Waals surface area contributed by atoms with Crippen molar-refractivity contribution in [3.63, 3.8) is 0 Å². The standard InChI is InChI=1S/C14H22BrN/c1-11(2)7-8-13(10-16-3)12-5-4-6-14(15)9-12/h4-6,9,11,13,16H,7-8,10H2,1-3H3. The molecule has 0 aliphatic carbocycles. The Morgan fingerprint density at radius 1 is 1.25 bits per heavy atom. The van der Waals surface area contributed by atoms with Crippen molar-refractivity contribution in [1.29, 1.82) is 0 Å². The molecule has 0 aliphatic rings. The number of nitrogens with one attached hydrogen (secondary N) is 1. The van der Waals surface area contributed by atoms with Gasteiger partial charge in [-0.1, -0.05) is 48.3 Å². The summed E-state index contributed by atoms with van der Waals surface area (Å²) in [5.41, 5.74) is 1.43. The van der Waals surface area contributed by atoms with Gasteiger partial charge in [-0.2, -0.15) is 0 Å². The van der Waals surface area contributed by atoms with Crippen LogP contribution in [0, 0.1) is 5.92 Å². The van der Waals surface area contributed by atoms with Crippen LogP contribution in [0.4, 0.5) is 0 Å². The number of hydrogen-bond acceptors (Lipinski definition) is 1. The third-order valence-electron chi connectivity index (χ3n) is 2.86. The molecule has 1 atom stereocenters. The van der Waals surface area contributed by atoms with Gasteiger partial charge in [-0.15, -0.1) is 0 Å². The largest absolute Gasteiger partial charge is 0.319 e. The van der Waals surface area contributed by atoms with Gasteiger partial charge >= 0.3 is 0 Å². The number of likely N-dealkylation sites (N-methyl/N-ethyl adjacent to an activating group) is 1. The maximum absolute atomic E-state index is 3.54. The Morgan fingerprint density at radius 3 is 2.56 bits per heavy atom. The van der Waals surface area contributed by atoms with E-state index < -0.39 is 0 Å². The number of halogens is 1. The van der Waals surface area contributed by atoms with Crippen molar-refractivity contribution in [3.8, 4) is 0 Å². The maximum atomic E-state index is 3.54. The van der Waals surface area contributed by atoms with Crippen molar-refractivity contribution in [2.75, 3.05) is 13.6 Å². The highest BCUT2D eigenvalue weighted by molar-refractivity contribution is 9.10. The van der Waals surface area contributed by atoms with Crippen molar-refractivity contribution >= 4 is 15.9 Å². The normalized spacial score (nSPS) is 13.1. The first-order valence-electron chi connectivity index (χ1n) is 6.03. The van der Waals surface area contributed by atoms with Crippen molar-refractivity contribution in [2.24, 2.45) is 5.92 Å². The third kappa shape index (κ3) is 4.67. The summed E-state index contributed by atoms with van der Waals surface area (Å²) in [6, 6.07) is 8.68. The molecule has 0 amide bonds. The Hall–Kier alpha value is -0.340. The van der Waals surface area contributed by atoms with Crippen LogP contribution in [0.5, 0.6) is 0 Å². The van der Waals surface area contributed by atoms with Gasteiger partial charge in [0.2, 0.25) is 0 Å². The first-order chi connectivity index (χ1) is 7.63. The summed E-state index contributed by atoms with van der Waals surface area (Å²) in [5, 5.41) is 3.29. The van der Waals surface area contributed by atoms with E-state index in [0.29, 0.717) is 5.92 Å². The lowest BCUT2D eigenvalue weighted by Gasteiger charge is -2.18. The van der Waals surface area contributed by atoms with E-state index in [0.717, 1.165) is 12.5 Å². The van der Waals surface area contributed by atoms with Gasteiger partial charge in [0.25, 0.3) is 0 Å². The average Bonchev–Trinajstić information content (AvgIpc) is 2.24. The molecule has 1 N–H and O–H groups in total. The molecule has 1 aromatic carbocycles. The molecule has 1 nitrogen and oxygen atoms in total. The van der Waals surface area contributed by atoms with Crippen LogP contribution in [0.1, 0.15) is 38.2 Å². The minimum Gasteiger partial charge on any atom is -0.319 e. The molecular weight excluding hydrogens is 262 g/mol. The van der Waals surface area contributed by atoms with E-state index >= 15 is 0 Å². The minimum atomic E-state index is 0.630. The van der Waals surface area contributed by atoms with Crippen LogP contribution in [-0.4, -0.2) is 13.6 Å². The van der Waals surface area contributed by atoms with Crippen molar-refractivity contribution in [3.05, 3.63) is 34.3 Å². The number of rotatable bonds is 6. The van der Waals surface area contributed by atoms with Gasteiger partial charge in [-0.3, -0.25) is 0 Å². The second-order valence-electron chi connectivity index (χ2n) is 4.78. The highest BCUT2D eigenvalue weighted by Gasteiger charge is 2.11. The van der Waals surface area contributed by atoms with E-state index in [9.17, 15) is 0 Å². The number of hydrogen-bond donors (Lipinski definition) is 1. The molecule has 1 aromatic rings. The molecule has 1 unspecified atom stereocenters. The Morgan fingerprint density at radius 2 is 2.00 bits per heavy atom.